The first-order chi connectivity index (χ1) is 29.8. The van der Waals surface area contributed by atoms with Crippen molar-refractivity contribution in [1.82, 2.24) is 9.97 Å². The van der Waals surface area contributed by atoms with Gasteiger partial charge in [0.2, 0.25) is 0 Å². The molecule has 0 radical (unpaired) electrons. The van der Waals surface area contributed by atoms with Gasteiger partial charge in [0, 0.05) is 57.2 Å². The van der Waals surface area contributed by atoms with E-state index in [-0.39, 0.29) is 12.0 Å². The van der Waals surface area contributed by atoms with Crippen LogP contribution in [0.4, 0.5) is 0 Å². The lowest BCUT2D eigenvalue weighted by atomic mass is 10.0. The minimum absolute atomic E-state index is 0.173. The number of hydrogen-bond acceptors (Lipinski definition) is 6. The summed E-state index contributed by atoms with van der Waals surface area (Å²) in [5.74, 6) is 0. The summed E-state index contributed by atoms with van der Waals surface area (Å²) in [5, 5.41) is 19.8. The molecular weight excluding hydrogens is 773 g/mol. The normalized spacial score (nSPS) is 13.1. The number of allylic oxidation sites excluding steroid dienone is 2. The third-order valence-electron chi connectivity index (χ3n) is 9.79. The lowest BCUT2D eigenvalue weighted by Gasteiger charge is -2.22. The fraction of sp³-hybridized carbons (Fsp3) is 0.0400. The monoisotopic (exact) mass is 816 g/mol. The second kappa shape index (κ2) is 18.3. The minimum atomic E-state index is -3.10. The third kappa shape index (κ3) is 9.65. The molecule has 11 heteroatoms. The third-order valence-corrected chi connectivity index (χ3v) is 11.2. The maximum absolute atomic E-state index is 6.33. The van der Waals surface area contributed by atoms with Crippen LogP contribution >= 0.6 is 0 Å². The van der Waals surface area contributed by atoms with Crippen molar-refractivity contribution in [3.8, 4) is 22.5 Å². The number of aromatic nitrogens is 2. The second-order valence-electron chi connectivity index (χ2n) is 14.5. The van der Waals surface area contributed by atoms with Gasteiger partial charge >= 0.3 is 8.56 Å². The van der Waals surface area contributed by atoms with Gasteiger partial charge in [-0.3, -0.25) is 0 Å². The van der Waals surface area contributed by atoms with E-state index in [4.69, 9.17) is 20.3 Å². The van der Waals surface area contributed by atoms with E-state index in [1.165, 1.54) is 0 Å². The fourth-order valence-electron chi connectivity index (χ4n) is 7.03. The largest absolute Gasteiger partial charge is 0.483 e. The first kappa shape index (κ1) is 39.8. The van der Waals surface area contributed by atoms with E-state index < -0.39 is 8.56 Å². The zero-order chi connectivity index (χ0) is 42.0. The molecule has 0 aliphatic rings. The number of rotatable bonds is 12. The van der Waals surface area contributed by atoms with Crippen LogP contribution in [-0.2, 0) is 8.85 Å². The summed E-state index contributed by atoms with van der Waals surface area (Å²) >= 11 is 0. The molecule has 2 heterocycles. The average Bonchev–Trinajstić information content (AvgIpc) is 3.86. The highest BCUT2D eigenvalue weighted by Gasteiger charge is 2.31. The lowest BCUT2D eigenvalue weighted by molar-refractivity contribution is 0.379. The minimum Gasteiger partial charge on any atom is -0.483 e. The highest BCUT2D eigenvalue weighted by atomic mass is 28.4. The van der Waals surface area contributed by atoms with Crippen LogP contribution in [0.2, 0.25) is 13.1 Å². The first-order valence-electron chi connectivity index (χ1n) is 19.8. The Morgan fingerprint density at radius 2 is 0.803 bits per heavy atom. The summed E-state index contributed by atoms with van der Waals surface area (Å²) in [6, 6.07) is 56.1. The van der Waals surface area contributed by atoms with E-state index in [2.05, 4.69) is 78.9 Å². The van der Waals surface area contributed by atoms with Gasteiger partial charge < -0.3 is 30.3 Å². The van der Waals surface area contributed by atoms with Gasteiger partial charge in [0.15, 0.2) is 0 Å². The van der Waals surface area contributed by atoms with Crippen LogP contribution in [0, 0.1) is 0 Å². The van der Waals surface area contributed by atoms with E-state index in [0.717, 1.165) is 66.6 Å². The molecule has 10 nitrogen and oxygen atoms in total. The molecule has 0 saturated carbocycles. The molecule has 0 bridgehead atoms. The number of nitrogens with zero attached hydrogens (tertiary/aromatic N) is 4. The molecule has 0 atom stereocenters. The molecule has 0 spiro atoms. The number of benzene rings is 6. The van der Waals surface area contributed by atoms with Crippen molar-refractivity contribution in [1.29, 1.82) is 0 Å². The summed E-state index contributed by atoms with van der Waals surface area (Å²) in [5.41, 5.74) is 23.8. The van der Waals surface area contributed by atoms with Crippen LogP contribution in [0.3, 0.4) is 0 Å². The molecule has 0 fully saturated rings. The van der Waals surface area contributed by atoms with Gasteiger partial charge in [-0.2, -0.15) is 0 Å². The number of hydrogen-bond donors (Lipinski definition) is 4. The molecule has 0 unspecified atom stereocenters. The molecule has 0 saturated heterocycles. The Labute approximate surface area is 355 Å². The van der Waals surface area contributed by atoms with Crippen molar-refractivity contribution in [3.05, 3.63) is 204 Å². The quantitative estimate of drug-likeness (QED) is 0.0420. The summed E-state index contributed by atoms with van der Waals surface area (Å²) in [6.07, 6.45) is 7.94. The number of H-pyrrole nitrogens is 2. The van der Waals surface area contributed by atoms with Crippen LogP contribution in [0.15, 0.2) is 202 Å². The van der Waals surface area contributed by atoms with E-state index >= 15 is 0 Å². The van der Waals surface area contributed by atoms with E-state index in [9.17, 15) is 0 Å². The predicted octanol–water partition coefficient (Wildman–Crippen LogP) is 10.9. The SMILES string of the molecule is C[Si](C)(O/C(N)=N/N=C(/C=C/c1c(-c2ccccc2)[nH]c2ccccc12)c1ccccc1)O/C(N)=N/N=C(/C=C/c1c(-c2ccccc2)[nH]c2ccccc12)c1ccccc1. The van der Waals surface area contributed by atoms with Crippen LogP contribution < -0.4 is 11.5 Å². The summed E-state index contributed by atoms with van der Waals surface area (Å²) in [6.45, 7) is 3.57. The van der Waals surface area contributed by atoms with Gasteiger partial charge in [-0.15, -0.1) is 10.2 Å². The van der Waals surface area contributed by atoms with E-state index in [0.29, 0.717) is 11.4 Å². The van der Waals surface area contributed by atoms with Gasteiger partial charge in [0.1, 0.15) is 0 Å². The van der Waals surface area contributed by atoms with Crippen LogP contribution in [0.5, 0.6) is 0 Å². The molecule has 2 aromatic heterocycles. The van der Waals surface area contributed by atoms with Gasteiger partial charge in [0.25, 0.3) is 12.0 Å². The highest BCUT2D eigenvalue weighted by molar-refractivity contribution is 6.67. The van der Waals surface area contributed by atoms with E-state index in [1.54, 1.807) is 13.1 Å². The topological polar surface area (TPSA) is 152 Å². The van der Waals surface area contributed by atoms with Crippen LogP contribution in [-0.4, -0.2) is 42.0 Å². The maximum Gasteiger partial charge on any atom is 0.458 e. The fourth-order valence-corrected chi connectivity index (χ4v) is 8.16. The molecule has 8 aromatic rings. The van der Waals surface area contributed by atoms with Crippen molar-refractivity contribution in [2.24, 2.45) is 31.9 Å². The Morgan fingerprint density at radius 1 is 0.459 bits per heavy atom. The predicted molar refractivity (Wildman–Crippen MR) is 254 cm³/mol. The Morgan fingerprint density at radius 3 is 1.20 bits per heavy atom. The van der Waals surface area contributed by atoms with E-state index in [1.807, 2.05) is 146 Å². The summed E-state index contributed by atoms with van der Waals surface area (Å²) in [4.78, 5) is 7.17. The number of nitrogens with two attached hydrogens (primary N) is 2. The number of aromatic amines is 2. The Bertz CT molecular complexity index is 2750. The number of para-hydroxylation sites is 2. The lowest BCUT2D eigenvalue weighted by Crippen LogP contribution is -2.43. The van der Waals surface area contributed by atoms with Crippen molar-refractivity contribution < 1.29 is 8.85 Å². The van der Waals surface area contributed by atoms with Gasteiger partial charge in [-0.05, 0) is 47.6 Å². The number of fused-ring (bicyclic) bond motifs is 2. The standard InChI is InChI=1S/C50H44N8O2Si/c1-61(2,59-49(51)57-55-43(35-19-7-3-8-20-35)33-31-41-39-27-15-17-29-45(39)53-47(41)37-23-11-5-12-24-37)60-50(52)58-56-44(36-21-9-4-10-22-36)34-32-42-40-28-16-18-30-46(40)54-48(42)38-25-13-6-14-26-38/h3-34,53-54H,1-2H3,(H2,51,57)(H2,52,58)/b33-31+,34-32+,55-43-,56-44-. The zero-order valence-corrected chi connectivity index (χ0v) is 34.7. The Balaban J connectivity index is 1.04. The smallest absolute Gasteiger partial charge is 0.458 e. The molecule has 300 valence electrons. The molecule has 0 amide bonds. The van der Waals surface area contributed by atoms with Crippen molar-refractivity contribution in [3.63, 3.8) is 0 Å². The van der Waals surface area contributed by atoms with Gasteiger partial charge in [-0.25, -0.2) is 0 Å². The van der Waals surface area contributed by atoms with Crippen LogP contribution in [0.1, 0.15) is 22.3 Å². The maximum atomic E-state index is 6.33. The molecule has 6 N–H and O–H groups in total. The first-order valence-corrected chi connectivity index (χ1v) is 22.6. The molecular formula is C50H44N8O2Si. The van der Waals surface area contributed by atoms with Crippen molar-refractivity contribution in [2.75, 3.05) is 0 Å². The van der Waals surface area contributed by atoms with Gasteiger partial charge in [-0.1, -0.05) is 168 Å². The molecule has 8 rings (SSSR count). The number of nitrogens with one attached hydrogen (secondary N) is 2. The summed E-state index contributed by atoms with van der Waals surface area (Å²) in [7, 11) is -3.10. The Kier molecular flexibility index (Phi) is 11.9. The second-order valence-corrected chi connectivity index (χ2v) is 17.7. The molecule has 0 aliphatic heterocycles. The average molecular weight is 817 g/mol. The van der Waals surface area contributed by atoms with Crippen molar-refractivity contribution in [2.45, 2.75) is 13.1 Å². The zero-order valence-electron chi connectivity index (χ0n) is 33.7. The number of amidine groups is 2. The highest BCUT2D eigenvalue weighted by Crippen LogP contribution is 2.33. The molecule has 61 heavy (non-hydrogen) atoms. The molecule has 6 aromatic carbocycles. The molecule has 0 aliphatic carbocycles. The Hall–Kier alpha value is -8.02. The van der Waals surface area contributed by atoms with Crippen LogP contribution in [0.25, 0.3) is 56.5 Å². The van der Waals surface area contributed by atoms with Crippen molar-refractivity contribution >= 4 is 66.0 Å². The summed E-state index contributed by atoms with van der Waals surface area (Å²) < 4.78 is 12.1. The van der Waals surface area contributed by atoms with Gasteiger partial charge in [0.05, 0.1) is 22.8 Å².